The molecule has 29 heavy (non-hydrogen) atoms. The normalized spacial score (nSPS) is 12.9. The first-order valence-corrected chi connectivity index (χ1v) is 9.90. The Hall–Kier alpha value is -2.58. The topological polar surface area (TPSA) is 117 Å². The highest BCUT2D eigenvalue weighted by molar-refractivity contribution is 7.81. The predicted molar refractivity (Wildman–Crippen MR) is 115 cm³/mol. The van der Waals surface area contributed by atoms with Gasteiger partial charge in [-0.2, -0.15) is 12.6 Å². The lowest BCUT2D eigenvalue weighted by molar-refractivity contribution is -0.141. The number of carboxylic acid groups (broad SMARTS) is 1. The zero-order valence-corrected chi connectivity index (χ0v) is 17.3. The van der Waals surface area contributed by atoms with Crippen LogP contribution in [0.25, 0.3) is 0 Å². The number of nitrogen functional groups attached to an aromatic ring is 1. The molecule has 0 fully saturated rings. The Bertz CT molecular complexity index is 829. The monoisotopic (exact) mass is 417 g/mol. The lowest BCUT2D eigenvalue weighted by Crippen LogP contribution is -2.29. The molecule has 1 aromatic heterocycles. The van der Waals surface area contributed by atoms with Crippen molar-refractivity contribution in [1.82, 2.24) is 9.88 Å². The molecule has 2 rings (SSSR count). The van der Waals surface area contributed by atoms with Crippen LogP contribution < -0.4 is 5.73 Å². The van der Waals surface area contributed by atoms with E-state index in [1.54, 1.807) is 43.6 Å². The van der Waals surface area contributed by atoms with E-state index >= 15 is 0 Å². The second kappa shape index (κ2) is 10.8. The van der Waals surface area contributed by atoms with Crippen molar-refractivity contribution in [3.8, 4) is 0 Å². The smallest absolute Gasteiger partial charge is 0.307 e. The van der Waals surface area contributed by atoms with E-state index in [-0.39, 0.29) is 24.3 Å². The average molecular weight is 418 g/mol. The Morgan fingerprint density at radius 2 is 2.00 bits per heavy atom. The number of hydrogen-bond acceptors (Lipinski definition) is 6. The number of nitrogens with two attached hydrogens (primary N) is 1. The van der Waals surface area contributed by atoms with Crippen LogP contribution in [0.15, 0.2) is 42.6 Å². The predicted octanol–water partition coefficient (Wildman–Crippen LogP) is 1.90. The molecular weight excluding hydrogens is 390 g/mol. The van der Waals surface area contributed by atoms with Crippen LogP contribution in [0.3, 0.4) is 0 Å². The third kappa shape index (κ3) is 6.76. The summed E-state index contributed by atoms with van der Waals surface area (Å²) in [4.78, 5) is 29.6. The molecule has 7 nitrogen and oxygen atoms in total. The number of aromatic nitrogens is 1. The SMILES string of the molecule is CN(CCO)C(=O)c1cccc(CCC(S)C(Cc2ccc(N)nc2)C(=O)O)c1. The van der Waals surface area contributed by atoms with Gasteiger partial charge in [-0.05, 0) is 48.6 Å². The van der Waals surface area contributed by atoms with Crippen molar-refractivity contribution in [3.05, 3.63) is 59.3 Å². The highest BCUT2D eigenvalue weighted by Gasteiger charge is 2.26. The number of carboxylic acids is 1. The van der Waals surface area contributed by atoms with Crippen molar-refractivity contribution in [2.24, 2.45) is 5.92 Å². The summed E-state index contributed by atoms with van der Waals surface area (Å²) < 4.78 is 0. The Kier molecular flexibility index (Phi) is 8.48. The van der Waals surface area contributed by atoms with Crippen LogP contribution in [-0.4, -0.2) is 57.4 Å². The maximum atomic E-state index is 12.4. The maximum Gasteiger partial charge on any atom is 0.307 e. The summed E-state index contributed by atoms with van der Waals surface area (Å²) in [5, 5.41) is 18.2. The van der Waals surface area contributed by atoms with E-state index in [2.05, 4.69) is 17.6 Å². The van der Waals surface area contributed by atoms with Crippen LogP contribution in [0.5, 0.6) is 0 Å². The summed E-state index contributed by atoms with van der Waals surface area (Å²) in [6.45, 7) is 0.172. The molecule has 0 spiro atoms. The summed E-state index contributed by atoms with van der Waals surface area (Å²) in [6, 6.07) is 10.7. The molecule has 0 saturated carbocycles. The summed E-state index contributed by atoms with van der Waals surface area (Å²) in [5.74, 6) is -1.34. The molecule has 8 heteroatoms. The number of nitrogens with zero attached hydrogens (tertiary/aromatic N) is 2. The average Bonchev–Trinajstić information content (AvgIpc) is 2.71. The van der Waals surface area contributed by atoms with Gasteiger partial charge in [-0.15, -0.1) is 0 Å². The highest BCUT2D eigenvalue weighted by Crippen LogP contribution is 2.22. The molecule has 0 aliphatic heterocycles. The van der Waals surface area contributed by atoms with E-state index in [1.165, 1.54) is 4.90 Å². The van der Waals surface area contributed by atoms with Crippen molar-refractivity contribution in [2.45, 2.75) is 24.5 Å². The molecule has 1 amide bonds. The largest absolute Gasteiger partial charge is 0.481 e. The molecule has 0 saturated heterocycles. The highest BCUT2D eigenvalue weighted by atomic mass is 32.1. The zero-order valence-electron chi connectivity index (χ0n) is 16.4. The summed E-state index contributed by atoms with van der Waals surface area (Å²) >= 11 is 4.54. The van der Waals surface area contributed by atoms with Gasteiger partial charge in [0, 0.05) is 30.6 Å². The first-order chi connectivity index (χ1) is 13.8. The van der Waals surface area contributed by atoms with Crippen molar-refractivity contribution >= 4 is 30.3 Å². The fourth-order valence-corrected chi connectivity index (χ4v) is 3.41. The molecular formula is C21H27N3O4S. The van der Waals surface area contributed by atoms with E-state index in [9.17, 15) is 14.7 Å². The molecule has 2 unspecified atom stereocenters. The Labute approximate surface area is 176 Å². The van der Waals surface area contributed by atoms with E-state index in [0.717, 1.165) is 11.1 Å². The first kappa shape index (κ1) is 22.7. The van der Waals surface area contributed by atoms with Gasteiger partial charge in [0.15, 0.2) is 0 Å². The number of pyridine rings is 1. The molecule has 0 radical (unpaired) electrons. The van der Waals surface area contributed by atoms with E-state index in [4.69, 9.17) is 10.8 Å². The third-order valence-corrected chi connectivity index (χ3v) is 5.39. The van der Waals surface area contributed by atoms with Gasteiger partial charge in [0.2, 0.25) is 0 Å². The number of thiol groups is 1. The van der Waals surface area contributed by atoms with Crippen LogP contribution in [0.4, 0.5) is 5.82 Å². The zero-order chi connectivity index (χ0) is 21.4. The second-order valence-electron chi connectivity index (χ2n) is 7.00. The van der Waals surface area contributed by atoms with Crippen LogP contribution in [0, 0.1) is 5.92 Å². The van der Waals surface area contributed by atoms with Crippen LogP contribution in [0.2, 0.25) is 0 Å². The fraction of sp³-hybridized carbons (Fsp3) is 0.381. The van der Waals surface area contributed by atoms with Crippen LogP contribution in [-0.2, 0) is 17.6 Å². The number of amides is 1. The van der Waals surface area contributed by atoms with Gasteiger partial charge in [-0.3, -0.25) is 9.59 Å². The molecule has 156 valence electrons. The molecule has 1 heterocycles. The number of carbonyl (C=O) groups excluding carboxylic acids is 1. The quantitative estimate of drug-likeness (QED) is 0.439. The van der Waals surface area contributed by atoms with Gasteiger partial charge in [-0.25, -0.2) is 4.98 Å². The number of aryl methyl sites for hydroxylation is 1. The minimum Gasteiger partial charge on any atom is -0.481 e. The molecule has 0 aliphatic carbocycles. The number of rotatable bonds is 10. The third-order valence-electron chi connectivity index (χ3n) is 4.77. The van der Waals surface area contributed by atoms with Gasteiger partial charge >= 0.3 is 5.97 Å². The number of aliphatic hydroxyl groups excluding tert-OH is 1. The van der Waals surface area contributed by atoms with E-state index in [1.807, 2.05) is 6.07 Å². The van der Waals surface area contributed by atoms with Crippen molar-refractivity contribution in [3.63, 3.8) is 0 Å². The number of likely N-dealkylation sites (N-methyl/N-ethyl adjacent to an activating group) is 1. The molecule has 0 bridgehead atoms. The number of aliphatic carboxylic acids is 1. The minimum atomic E-state index is -0.906. The number of anilines is 1. The van der Waals surface area contributed by atoms with Gasteiger partial charge in [0.1, 0.15) is 5.82 Å². The Morgan fingerprint density at radius 3 is 2.62 bits per heavy atom. The summed E-state index contributed by atoms with van der Waals surface area (Å²) in [6.07, 6.45) is 3.06. The molecule has 2 aromatic rings. The van der Waals surface area contributed by atoms with Gasteiger partial charge in [-0.1, -0.05) is 18.2 Å². The lowest BCUT2D eigenvalue weighted by Gasteiger charge is -2.20. The van der Waals surface area contributed by atoms with Crippen molar-refractivity contribution in [1.29, 1.82) is 0 Å². The molecule has 0 aliphatic rings. The Balaban J connectivity index is 2.01. The van der Waals surface area contributed by atoms with E-state index in [0.29, 0.717) is 30.6 Å². The number of carbonyl (C=O) groups is 2. The van der Waals surface area contributed by atoms with Gasteiger partial charge in [0.25, 0.3) is 5.91 Å². The number of aliphatic hydroxyl groups is 1. The standard InChI is InChI=1S/C21H27N3O4S/c1-24(9-10-25)20(26)16-4-2-3-14(11-16)5-7-18(29)17(21(27)28)12-15-6-8-19(22)23-13-15/h2-4,6,8,11,13,17-18,25,29H,5,7,9-10,12H2,1H3,(H2,22,23)(H,27,28). The fourth-order valence-electron chi connectivity index (χ4n) is 3.05. The van der Waals surface area contributed by atoms with Crippen LogP contribution in [0.1, 0.15) is 27.9 Å². The lowest BCUT2D eigenvalue weighted by atomic mass is 9.93. The number of hydrogen-bond donors (Lipinski definition) is 4. The van der Waals surface area contributed by atoms with E-state index < -0.39 is 11.9 Å². The van der Waals surface area contributed by atoms with Crippen molar-refractivity contribution in [2.75, 3.05) is 25.9 Å². The summed E-state index contributed by atoms with van der Waals surface area (Å²) in [7, 11) is 1.64. The maximum absolute atomic E-state index is 12.4. The van der Waals surface area contributed by atoms with Crippen LogP contribution >= 0.6 is 12.6 Å². The molecule has 2 atom stereocenters. The summed E-state index contributed by atoms with van der Waals surface area (Å²) in [5.41, 5.74) is 7.85. The molecule has 1 aromatic carbocycles. The first-order valence-electron chi connectivity index (χ1n) is 9.38. The van der Waals surface area contributed by atoms with Crippen molar-refractivity contribution < 1.29 is 19.8 Å². The molecule has 4 N–H and O–H groups in total. The van der Waals surface area contributed by atoms with Gasteiger partial charge < -0.3 is 20.8 Å². The Morgan fingerprint density at radius 1 is 1.24 bits per heavy atom. The number of benzene rings is 1. The van der Waals surface area contributed by atoms with Gasteiger partial charge in [0.05, 0.1) is 12.5 Å². The minimum absolute atomic E-state index is 0.0939. The second-order valence-corrected chi connectivity index (χ2v) is 7.66.